The van der Waals surface area contributed by atoms with Crippen molar-refractivity contribution in [3.05, 3.63) is 94.2 Å². The van der Waals surface area contributed by atoms with Crippen LogP contribution in [0, 0.1) is 0 Å². The van der Waals surface area contributed by atoms with E-state index in [1.165, 1.54) is 16.0 Å². The van der Waals surface area contributed by atoms with Crippen LogP contribution in [0.1, 0.15) is 29.0 Å². The summed E-state index contributed by atoms with van der Waals surface area (Å²) in [4.78, 5) is 15.9. The fourth-order valence-electron chi connectivity index (χ4n) is 2.95. The highest BCUT2D eigenvalue weighted by atomic mass is 32.1. The molecule has 0 aliphatic rings. The normalized spacial score (nSPS) is 12.1. The molecule has 0 saturated heterocycles. The predicted molar refractivity (Wildman–Crippen MR) is 108 cm³/mol. The Kier molecular flexibility index (Phi) is 6.58. The number of carbonyl (C=O) groups is 1. The quantitative estimate of drug-likeness (QED) is 0.632. The third-order valence-electron chi connectivity index (χ3n) is 4.21. The van der Waals surface area contributed by atoms with Gasteiger partial charge >= 0.3 is 0 Å². The van der Waals surface area contributed by atoms with E-state index in [1.807, 2.05) is 54.8 Å². The fourth-order valence-corrected chi connectivity index (χ4v) is 3.68. The molecule has 0 aliphatic heterocycles. The van der Waals surface area contributed by atoms with Gasteiger partial charge in [-0.1, -0.05) is 66.7 Å². The highest BCUT2D eigenvalue weighted by molar-refractivity contribution is 7.10. The molecule has 1 amide bonds. The topological polar surface area (TPSA) is 32.3 Å². The van der Waals surface area contributed by atoms with Crippen LogP contribution in [0.4, 0.5) is 0 Å². The molecule has 26 heavy (non-hydrogen) atoms. The van der Waals surface area contributed by atoms with Crippen LogP contribution in [0.5, 0.6) is 0 Å². The first kappa shape index (κ1) is 18.4. The highest BCUT2D eigenvalue weighted by Crippen LogP contribution is 2.18. The van der Waals surface area contributed by atoms with Crippen molar-refractivity contribution < 1.29 is 4.79 Å². The molecule has 1 heterocycles. The van der Waals surface area contributed by atoms with Crippen molar-refractivity contribution in [2.24, 2.45) is 0 Å². The average Bonchev–Trinajstić information content (AvgIpc) is 3.18. The molecule has 0 saturated carbocycles. The molecule has 0 fully saturated rings. The van der Waals surface area contributed by atoms with Crippen molar-refractivity contribution in [1.82, 2.24) is 10.2 Å². The van der Waals surface area contributed by atoms with Crippen LogP contribution in [-0.4, -0.2) is 17.4 Å². The Labute approximate surface area is 159 Å². The lowest BCUT2D eigenvalue weighted by atomic mass is 10.1. The van der Waals surface area contributed by atoms with Crippen molar-refractivity contribution in [1.29, 1.82) is 0 Å². The maximum atomic E-state index is 12.6. The summed E-state index contributed by atoms with van der Waals surface area (Å²) in [6.07, 6.45) is 0. The number of nitrogens with one attached hydrogen (secondary N) is 1. The SMILES string of the molecule is CC(NC(=O)CN(Cc1ccccc1)Cc1ccccc1)c1cccs1. The van der Waals surface area contributed by atoms with E-state index in [1.54, 1.807) is 11.3 Å². The van der Waals surface area contributed by atoms with Gasteiger partial charge in [0.2, 0.25) is 5.91 Å². The van der Waals surface area contributed by atoms with Gasteiger partial charge in [0.15, 0.2) is 0 Å². The average molecular weight is 365 g/mol. The third kappa shape index (κ3) is 5.55. The minimum absolute atomic E-state index is 0.0396. The van der Waals surface area contributed by atoms with Crippen molar-refractivity contribution in [3.63, 3.8) is 0 Å². The summed E-state index contributed by atoms with van der Waals surface area (Å²) in [6.45, 7) is 3.90. The Morgan fingerprint density at radius 1 is 0.923 bits per heavy atom. The second-order valence-corrected chi connectivity index (χ2v) is 7.40. The second kappa shape index (κ2) is 9.32. The van der Waals surface area contributed by atoms with Gasteiger partial charge in [0.25, 0.3) is 0 Å². The van der Waals surface area contributed by atoms with Crippen LogP contribution in [-0.2, 0) is 17.9 Å². The molecule has 1 aromatic heterocycles. The van der Waals surface area contributed by atoms with Crippen LogP contribution in [0.15, 0.2) is 78.2 Å². The van der Waals surface area contributed by atoms with Gasteiger partial charge < -0.3 is 5.32 Å². The number of hydrogen-bond acceptors (Lipinski definition) is 3. The molecule has 0 bridgehead atoms. The lowest BCUT2D eigenvalue weighted by Gasteiger charge is -2.23. The van der Waals surface area contributed by atoms with Crippen LogP contribution >= 0.6 is 11.3 Å². The smallest absolute Gasteiger partial charge is 0.234 e. The Bertz CT molecular complexity index is 746. The maximum Gasteiger partial charge on any atom is 0.234 e. The van der Waals surface area contributed by atoms with Crippen LogP contribution in [0.2, 0.25) is 0 Å². The largest absolute Gasteiger partial charge is 0.348 e. The molecule has 2 aromatic carbocycles. The first-order chi connectivity index (χ1) is 12.7. The molecule has 3 rings (SSSR count). The zero-order valence-electron chi connectivity index (χ0n) is 15.0. The third-order valence-corrected chi connectivity index (χ3v) is 5.27. The van der Waals surface area contributed by atoms with Gasteiger partial charge in [-0.05, 0) is 29.5 Å². The molecule has 0 aliphatic carbocycles. The summed E-state index contributed by atoms with van der Waals surface area (Å²) in [7, 11) is 0. The molecule has 1 unspecified atom stereocenters. The number of rotatable bonds is 8. The fraction of sp³-hybridized carbons (Fsp3) is 0.227. The van der Waals surface area contributed by atoms with E-state index in [9.17, 15) is 4.79 Å². The van der Waals surface area contributed by atoms with Gasteiger partial charge in [0.05, 0.1) is 12.6 Å². The first-order valence-electron chi connectivity index (χ1n) is 8.83. The van der Waals surface area contributed by atoms with E-state index in [2.05, 4.69) is 40.5 Å². The highest BCUT2D eigenvalue weighted by Gasteiger charge is 2.15. The molecule has 1 N–H and O–H groups in total. The van der Waals surface area contributed by atoms with Gasteiger partial charge in [-0.15, -0.1) is 11.3 Å². The van der Waals surface area contributed by atoms with E-state index in [0.717, 1.165) is 13.1 Å². The summed E-state index contributed by atoms with van der Waals surface area (Å²) in [5.74, 6) is 0.0535. The number of carbonyl (C=O) groups excluding carboxylic acids is 1. The molecule has 0 radical (unpaired) electrons. The summed E-state index contributed by atoms with van der Waals surface area (Å²) < 4.78 is 0. The van der Waals surface area contributed by atoms with Gasteiger partial charge in [0, 0.05) is 18.0 Å². The standard InChI is InChI=1S/C22H24N2OS/c1-18(21-13-8-14-26-21)23-22(25)17-24(15-19-9-4-2-5-10-19)16-20-11-6-3-7-12-20/h2-14,18H,15-17H2,1H3,(H,23,25). The molecule has 3 nitrogen and oxygen atoms in total. The van der Waals surface area contributed by atoms with Crippen LogP contribution in [0.25, 0.3) is 0 Å². The lowest BCUT2D eigenvalue weighted by Crippen LogP contribution is -2.37. The first-order valence-corrected chi connectivity index (χ1v) is 9.71. The molecular weight excluding hydrogens is 340 g/mol. The van der Waals surface area contributed by atoms with E-state index in [0.29, 0.717) is 6.54 Å². The molecular formula is C22H24N2OS. The van der Waals surface area contributed by atoms with E-state index < -0.39 is 0 Å². The Hall–Kier alpha value is -2.43. The minimum Gasteiger partial charge on any atom is -0.348 e. The summed E-state index contributed by atoms with van der Waals surface area (Å²) >= 11 is 1.67. The van der Waals surface area contributed by atoms with Crippen LogP contribution < -0.4 is 5.32 Å². The number of hydrogen-bond donors (Lipinski definition) is 1. The number of thiophene rings is 1. The van der Waals surface area contributed by atoms with Crippen molar-refractivity contribution in [3.8, 4) is 0 Å². The monoisotopic (exact) mass is 364 g/mol. The molecule has 134 valence electrons. The molecule has 3 aromatic rings. The minimum atomic E-state index is 0.0396. The Balaban J connectivity index is 1.65. The van der Waals surface area contributed by atoms with E-state index in [-0.39, 0.29) is 11.9 Å². The molecule has 4 heteroatoms. The van der Waals surface area contributed by atoms with Crippen molar-refractivity contribution >= 4 is 17.2 Å². The second-order valence-electron chi connectivity index (χ2n) is 6.42. The van der Waals surface area contributed by atoms with Gasteiger partial charge in [-0.2, -0.15) is 0 Å². The van der Waals surface area contributed by atoms with Gasteiger partial charge in [0.1, 0.15) is 0 Å². The molecule has 1 atom stereocenters. The summed E-state index contributed by atoms with van der Waals surface area (Å²) in [6, 6.07) is 24.7. The zero-order chi connectivity index (χ0) is 18.2. The predicted octanol–water partition coefficient (Wildman–Crippen LogP) is 4.63. The lowest BCUT2D eigenvalue weighted by molar-refractivity contribution is -0.123. The maximum absolute atomic E-state index is 12.6. The van der Waals surface area contributed by atoms with Gasteiger partial charge in [-0.25, -0.2) is 0 Å². The number of amides is 1. The zero-order valence-corrected chi connectivity index (χ0v) is 15.8. The van der Waals surface area contributed by atoms with Crippen molar-refractivity contribution in [2.75, 3.05) is 6.54 Å². The van der Waals surface area contributed by atoms with Crippen LogP contribution in [0.3, 0.4) is 0 Å². The summed E-state index contributed by atoms with van der Waals surface area (Å²) in [5.41, 5.74) is 2.42. The van der Waals surface area contributed by atoms with E-state index in [4.69, 9.17) is 0 Å². The molecule has 0 spiro atoms. The number of nitrogens with zero attached hydrogens (tertiary/aromatic N) is 1. The summed E-state index contributed by atoms with van der Waals surface area (Å²) in [5, 5.41) is 5.15. The van der Waals surface area contributed by atoms with Gasteiger partial charge in [-0.3, -0.25) is 9.69 Å². The van der Waals surface area contributed by atoms with E-state index >= 15 is 0 Å². The number of benzene rings is 2. The Morgan fingerprint density at radius 3 is 2.00 bits per heavy atom. The van der Waals surface area contributed by atoms with Crippen molar-refractivity contribution in [2.45, 2.75) is 26.1 Å². The Morgan fingerprint density at radius 2 is 1.50 bits per heavy atom.